The molecule has 0 spiro atoms. The molecule has 2 nitrogen and oxygen atoms in total. The van der Waals surface area contributed by atoms with Gasteiger partial charge in [0.2, 0.25) is 0 Å². The topological polar surface area (TPSA) is 32.8 Å². The van der Waals surface area contributed by atoms with Crippen molar-refractivity contribution < 1.29 is 9.84 Å². The highest BCUT2D eigenvalue weighted by Gasteiger charge is 2.54. The fourth-order valence-corrected chi connectivity index (χ4v) is 3.00. The van der Waals surface area contributed by atoms with Crippen LogP contribution in [0.5, 0.6) is 0 Å². The third-order valence-electron chi connectivity index (χ3n) is 4.28. The number of aliphatic hydroxyl groups is 1. The van der Waals surface area contributed by atoms with Crippen molar-refractivity contribution in [1.29, 1.82) is 0 Å². The van der Waals surface area contributed by atoms with Gasteiger partial charge in [-0.05, 0) is 17.5 Å². The van der Waals surface area contributed by atoms with Crippen molar-refractivity contribution in [2.75, 3.05) is 0 Å². The largest absolute Gasteiger partial charge is 0.382 e. The van der Waals surface area contributed by atoms with Crippen LogP contribution >= 0.6 is 0 Å². The van der Waals surface area contributed by atoms with E-state index in [-0.39, 0.29) is 12.2 Å². The maximum Gasteiger partial charge on any atom is 0.122 e. The minimum atomic E-state index is -0.891. The van der Waals surface area contributed by atoms with Crippen molar-refractivity contribution in [3.8, 4) is 0 Å². The quantitative estimate of drug-likeness (QED) is 0.805. The smallest absolute Gasteiger partial charge is 0.122 e. The Kier molecular flexibility index (Phi) is 4.09. The number of rotatable bonds is 6. The lowest BCUT2D eigenvalue weighted by Crippen LogP contribution is -2.32. The third-order valence-corrected chi connectivity index (χ3v) is 4.28. The second-order valence-corrected chi connectivity index (χ2v) is 5.78. The summed E-state index contributed by atoms with van der Waals surface area (Å²) in [6.45, 7) is 2.15. The zero-order valence-corrected chi connectivity index (χ0v) is 12.4. The van der Waals surface area contributed by atoms with E-state index in [0.717, 1.165) is 30.4 Å². The Morgan fingerprint density at radius 1 is 1.00 bits per heavy atom. The summed E-state index contributed by atoms with van der Waals surface area (Å²) in [7, 11) is 0. The van der Waals surface area contributed by atoms with Crippen molar-refractivity contribution in [2.45, 2.75) is 44.0 Å². The first kappa shape index (κ1) is 14.3. The number of hydrogen-bond acceptors (Lipinski definition) is 2. The lowest BCUT2D eigenvalue weighted by Gasteiger charge is -2.27. The molecule has 2 aromatic carbocycles. The normalized spacial score (nSPS) is 23.5. The van der Waals surface area contributed by atoms with Gasteiger partial charge in [-0.3, -0.25) is 0 Å². The van der Waals surface area contributed by atoms with Gasteiger partial charge in [-0.25, -0.2) is 0 Å². The monoisotopic (exact) mass is 282 g/mol. The molecule has 0 aliphatic carbocycles. The van der Waals surface area contributed by atoms with E-state index < -0.39 is 5.60 Å². The lowest BCUT2D eigenvalue weighted by atomic mass is 9.83. The Labute approximate surface area is 126 Å². The molecule has 1 fully saturated rings. The molecule has 110 valence electrons. The van der Waals surface area contributed by atoms with Crippen LogP contribution in [0.15, 0.2) is 60.7 Å². The van der Waals surface area contributed by atoms with Crippen LogP contribution in [-0.4, -0.2) is 11.2 Å². The molecule has 21 heavy (non-hydrogen) atoms. The van der Waals surface area contributed by atoms with Crippen LogP contribution in [0.4, 0.5) is 0 Å². The van der Waals surface area contributed by atoms with E-state index in [1.54, 1.807) is 0 Å². The number of benzene rings is 2. The Morgan fingerprint density at radius 3 is 2.24 bits per heavy atom. The minimum Gasteiger partial charge on any atom is -0.382 e. The molecular formula is C19H22O2. The molecule has 1 N–H and O–H groups in total. The molecule has 1 aliphatic rings. The number of epoxide rings is 1. The average Bonchev–Trinajstić information content (AvgIpc) is 3.35. The molecule has 1 saturated heterocycles. The van der Waals surface area contributed by atoms with E-state index in [1.165, 1.54) is 0 Å². The molecule has 1 aliphatic heterocycles. The van der Waals surface area contributed by atoms with E-state index in [9.17, 15) is 5.11 Å². The first-order chi connectivity index (χ1) is 10.3. The van der Waals surface area contributed by atoms with E-state index in [4.69, 9.17) is 4.74 Å². The number of unbranched alkanes of at least 4 members (excludes halogenated alkanes) is 1. The van der Waals surface area contributed by atoms with Gasteiger partial charge in [0.1, 0.15) is 17.8 Å². The first-order valence-electron chi connectivity index (χ1n) is 7.74. The van der Waals surface area contributed by atoms with Crippen LogP contribution in [0.3, 0.4) is 0 Å². The fourth-order valence-electron chi connectivity index (χ4n) is 3.00. The van der Waals surface area contributed by atoms with Crippen molar-refractivity contribution in [3.63, 3.8) is 0 Å². The summed E-state index contributed by atoms with van der Waals surface area (Å²) in [6, 6.07) is 20.1. The molecule has 1 heterocycles. The zero-order chi connectivity index (χ0) is 14.7. The summed E-state index contributed by atoms with van der Waals surface area (Å²) in [5, 5.41) is 11.3. The molecule has 3 rings (SSSR count). The molecular weight excluding hydrogens is 260 g/mol. The average molecular weight is 282 g/mol. The summed E-state index contributed by atoms with van der Waals surface area (Å²) in [6.07, 6.45) is 2.66. The van der Waals surface area contributed by atoms with Crippen molar-refractivity contribution in [2.24, 2.45) is 0 Å². The summed E-state index contributed by atoms with van der Waals surface area (Å²) in [4.78, 5) is 0. The Hall–Kier alpha value is -1.64. The predicted molar refractivity (Wildman–Crippen MR) is 83.9 cm³/mol. The summed E-state index contributed by atoms with van der Waals surface area (Å²) in [5.74, 6) is 0. The molecule has 0 bridgehead atoms. The Bertz CT molecular complexity index is 567. The molecule has 2 aromatic rings. The summed E-state index contributed by atoms with van der Waals surface area (Å²) in [5.41, 5.74) is 1.22. The zero-order valence-electron chi connectivity index (χ0n) is 12.4. The molecule has 3 atom stereocenters. The van der Waals surface area contributed by atoms with Crippen molar-refractivity contribution in [3.05, 3.63) is 71.8 Å². The minimum absolute atomic E-state index is 0.00765. The predicted octanol–water partition coefficient (Wildman–Crippen LogP) is 4.20. The first-order valence-corrected chi connectivity index (χ1v) is 7.74. The van der Waals surface area contributed by atoms with Gasteiger partial charge in [-0.15, -0.1) is 0 Å². The van der Waals surface area contributed by atoms with Crippen molar-refractivity contribution >= 4 is 0 Å². The van der Waals surface area contributed by atoms with Crippen molar-refractivity contribution in [1.82, 2.24) is 0 Å². The molecule has 0 aromatic heterocycles. The highest BCUT2D eigenvalue weighted by molar-refractivity contribution is 5.31. The second kappa shape index (κ2) is 6.00. The Morgan fingerprint density at radius 2 is 1.62 bits per heavy atom. The van der Waals surface area contributed by atoms with Crippen LogP contribution in [0.1, 0.15) is 43.4 Å². The van der Waals surface area contributed by atoms with Gasteiger partial charge >= 0.3 is 0 Å². The Balaban J connectivity index is 1.85. The third kappa shape index (κ3) is 2.87. The SMILES string of the molecule is CCCC[C@](O)(c1ccccc1)[C@@H]1O[C@H]1c1ccccc1. The van der Waals surface area contributed by atoms with Gasteiger partial charge in [0.15, 0.2) is 0 Å². The number of ether oxygens (including phenoxy) is 1. The molecule has 2 heteroatoms. The maximum absolute atomic E-state index is 11.3. The van der Waals surface area contributed by atoms with Crippen LogP contribution in [-0.2, 0) is 10.3 Å². The van der Waals surface area contributed by atoms with E-state index in [1.807, 2.05) is 48.5 Å². The van der Waals surface area contributed by atoms with Gasteiger partial charge in [0.05, 0.1) is 0 Å². The molecule has 0 radical (unpaired) electrons. The summed E-state index contributed by atoms with van der Waals surface area (Å²) < 4.78 is 5.87. The molecule has 0 unspecified atom stereocenters. The fraction of sp³-hybridized carbons (Fsp3) is 0.368. The maximum atomic E-state index is 11.3. The van der Waals surface area contributed by atoms with E-state index in [2.05, 4.69) is 19.1 Å². The van der Waals surface area contributed by atoms with Gasteiger partial charge < -0.3 is 9.84 Å². The number of hydrogen-bond donors (Lipinski definition) is 1. The van der Waals surface area contributed by atoms with E-state index in [0.29, 0.717) is 0 Å². The van der Waals surface area contributed by atoms with Gasteiger partial charge in [-0.2, -0.15) is 0 Å². The standard InChI is InChI=1S/C19H22O2/c1-2-3-14-19(20,16-12-8-5-9-13-16)18-17(21-18)15-10-6-4-7-11-15/h4-13,17-18,20H,2-3,14H2,1H3/t17-,18+,19-/m0/s1. The van der Waals surface area contributed by atoms with Gasteiger partial charge in [-0.1, -0.05) is 80.4 Å². The highest BCUT2D eigenvalue weighted by Crippen LogP contribution is 2.50. The lowest BCUT2D eigenvalue weighted by molar-refractivity contribution is -0.00311. The van der Waals surface area contributed by atoms with Crippen LogP contribution in [0, 0.1) is 0 Å². The van der Waals surface area contributed by atoms with Crippen LogP contribution in [0.2, 0.25) is 0 Å². The molecule has 0 amide bonds. The van der Waals surface area contributed by atoms with Gasteiger partial charge in [0.25, 0.3) is 0 Å². The highest BCUT2D eigenvalue weighted by atomic mass is 16.6. The van der Waals surface area contributed by atoms with Gasteiger partial charge in [0, 0.05) is 0 Å². The second-order valence-electron chi connectivity index (χ2n) is 5.78. The van der Waals surface area contributed by atoms with Crippen LogP contribution < -0.4 is 0 Å². The molecule has 0 saturated carbocycles. The van der Waals surface area contributed by atoms with Crippen LogP contribution in [0.25, 0.3) is 0 Å². The summed E-state index contributed by atoms with van der Waals surface area (Å²) >= 11 is 0. The van der Waals surface area contributed by atoms with E-state index >= 15 is 0 Å².